The van der Waals surface area contributed by atoms with Crippen LogP contribution in [-0.4, -0.2) is 34.3 Å². The number of imide groups is 1. The lowest BCUT2D eigenvalue weighted by atomic mass is 9.90. The van der Waals surface area contributed by atoms with Gasteiger partial charge in [-0.25, -0.2) is 9.78 Å². The molecule has 1 fully saturated rings. The van der Waals surface area contributed by atoms with E-state index < -0.39 is 23.4 Å². The molecule has 8 heteroatoms. The number of fused-ring (bicyclic) bond motifs is 2. The highest BCUT2D eigenvalue weighted by Gasteiger charge is 2.49. The number of carbonyl (C=O) groups excluding carboxylic acids is 3. The smallest absolute Gasteiger partial charge is 0.324 e. The van der Waals surface area contributed by atoms with Crippen LogP contribution in [0.4, 0.5) is 10.5 Å². The minimum absolute atomic E-state index is 0.367. The van der Waals surface area contributed by atoms with Gasteiger partial charge in [-0.15, -0.1) is 11.3 Å². The lowest BCUT2D eigenvalue weighted by Gasteiger charge is -2.22. The molecule has 1 atom stereocenters. The van der Waals surface area contributed by atoms with E-state index in [0.29, 0.717) is 11.3 Å². The second kappa shape index (κ2) is 7.42. The van der Waals surface area contributed by atoms with Gasteiger partial charge in [-0.1, -0.05) is 36.4 Å². The molecule has 1 aliphatic rings. The number of rotatable bonds is 4. The molecular weight excluding hydrogens is 424 g/mol. The summed E-state index contributed by atoms with van der Waals surface area (Å²) in [5.74, 6) is -0.904. The van der Waals surface area contributed by atoms with Crippen LogP contribution in [0.3, 0.4) is 0 Å². The number of hydrogen-bond acceptors (Lipinski definition) is 5. The normalized spacial score (nSPS) is 18.4. The van der Waals surface area contributed by atoms with Gasteiger partial charge in [0, 0.05) is 5.69 Å². The summed E-state index contributed by atoms with van der Waals surface area (Å²) in [7, 11) is 0. The van der Waals surface area contributed by atoms with Gasteiger partial charge >= 0.3 is 6.03 Å². The number of carbonyl (C=O) groups is 3. The zero-order valence-electron chi connectivity index (χ0n) is 17.5. The van der Waals surface area contributed by atoms with Gasteiger partial charge in [-0.05, 0) is 54.4 Å². The fraction of sp³-hybridized carbons (Fsp3) is 0.167. The molecule has 160 valence electrons. The van der Waals surface area contributed by atoms with E-state index in [0.717, 1.165) is 30.9 Å². The zero-order chi connectivity index (χ0) is 22.5. The second-order valence-electron chi connectivity index (χ2n) is 7.97. The highest BCUT2D eigenvalue weighted by Crippen LogP contribution is 2.31. The van der Waals surface area contributed by atoms with Crippen molar-refractivity contribution >= 4 is 55.9 Å². The Hall–Kier alpha value is -3.78. The number of thiazole rings is 1. The van der Waals surface area contributed by atoms with E-state index in [4.69, 9.17) is 0 Å². The molecule has 4 amide bonds. The predicted octanol–water partition coefficient (Wildman–Crippen LogP) is 4.16. The predicted molar refractivity (Wildman–Crippen MR) is 125 cm³/mol. The number of urea groups is 1. The first-order valence-electron chi connectivity index (χ1n) is 10.1. The Bertz CT molecular complexity index is 1410. The Morgan fingerprint density at radius 1 is 1.09 bits per heavy atom. The Kier molecular flexibility index (Phi) is 4.67. The summed E-state index contributed by atoms with van der Waals surface area (Å²) >= 11 is 1.53. The Labute approximate surface area is 188 Å². The summed E-state index contributed by atoms with van der Waals surface area (Å²) in [4.78, 5) is 43.8. The maximum atomic E-state index is 13.2. The first kappa shape index (κ1) is 20.1. The maximum Gasteiger partial charge on any atom is 0.325 e. The van der Waals surface area contributed by atoms with Crippen molar-refractivity contribution in [2.75, 3.05) is 11.9 Å². The standard InChI is InChI=1S/C24H20N4O3S/c1-14-25-19-10-9-18(12-20(19)32-14)26-21(29)13-28-22(30)24(2,27-23(28)31)17-8-7-15-5-3-4-6-16(15)11-17/h3-12H,13H2,1-2H3,(H,26,29)(H,27,31). The molecule has 2 N–H and O–H groups in total. The molecule has 1 unspecified atom stereocenters. The third-order valence-electron chi connectivity index (χ3n) is 5.68. The highest BCUT2D eigenvalue weighted by atomic mass is 32.1. The van der Waals surface area contributed by atoms with E-state index in [1.54, 1.807) is 13.0 Å². The van der Waals surface area contributed by atoms with Crippen molar-refractivity contribution in [3.63, 3.8) is 0 Å². The van der Waals surface area contributed by atoms with Gasteiger partial charge in [0.1, 0.15) is 12.1 Å². The van der Waals surface area contributed by atoms with E-state index >= 15 is 0 Å². The number of nitrogens with zero attached hydrogens (tertiary/aromatic N) is 2. The first-order valence-corrected chi connectivity index (χ1v) is 11.0. The average molecular weight is 445 g/mol. The Morgan fingerprint density at radius 2 is 1.88 bits per heavy atom. The molecule has 0 aliphatic carbocycles. The van der Waals surface area contributed by atoms with Crippen molar-refractivity contribution in [3.8, 4) is 0 Å². The molecule has 5 rings (SSSR count). The number of anilines is 1. The first-order chi connectivity index (χ1) is 15.3. The van der Waals surface area contributed by atoms with E-state index in [-0.39, 0.29) is 6.54 Å². The number of nitrogens with one attached hydrogen (secondary N) is 2. The van der Waals surface area contributed by atoms with Crippen molar-refractivity contribution in [2.24, 2.45) is 0 Å². The molecule has 0 bridgehead atoms. The van der Waals surface area contributed by atoms with Gasteiger partial charge in [0.25, 0.3) is 5.91 Å². The second-order valence-corrected chi connectivity index (χ2v) is 9.21. The van der Waals surface area contributed by atoms with Gasteiger partial charge in [-0.2, -0.15) is 0 Å². The van der Waals surface area contributed by atoms with Gasteiger partial charge in [0.15, 0.2) is 0 Å². The van der Waals surface area contributed by atoms with E-state index in [2.05, 4.69) is 15.6 Å². The van der Waals surface area contributed by atoms with Crippen LogP contribution < -0.4 is 10.6 Å². The van der Waals surface area contributed by atoms with E-state index in [1.165, 1.54) is 11.3 Å². The fourth-order valence-corrected chi connectivity index (χ4v) is 4.86. The summed E-state index contributed by atoms with van der Waals surface area (Å²) in [5, 5.41) is 8.48. The molecule has 0 spiro atoms. The van der Waals surface area contributed by atoms with Crippen LogP contribution in [0.2, 0.25) is 0 Å². The molecule has 7 nitrogen and oxygen atoms in total. The van der Waals surface area contributed by atoms with Crippen LogP contribution >= 0.6 is 11.3 Å². The van der Waals surface area contributed by atoms with Crippen LogP contribution in [0.25, 0.3) is 21.0 Å². The van der Waals surface area contributed by atoms with Crippen LogP contribution in [0.5, 0.6) is 0 Å². The number of aromatic nitrogens is 1. The molecule has 4 aromatic rings. The van der Waals surface area contributed by atoms with E-state index in [9.17, 15) is 14.4 Å². The lowest BCUT2D eigenvalue weighted by molar-refractivity contribution is -0.133. The van der Waals surface area contributed by atoms with E-state index in [1.807, 2.05) is 61.5 Å². The van der Waals surface area contributed by atoms with Crippen LogP contribution in [-0.2, 0) is 15.1 Å². The summed E-state index contributed by atoms with van der Waals surface area (Å²) in [6.07, 6.45) is 0. The molecule has 32 heavy (non-hydrogen) atoms. The summed E-state index contributed by atoms with van der Waals surface area (Å²) < 4.78 is 0.958. The largest absolute Gasteiger partial charge is 0.325 e. The van der Waals surface area contributed by atoms with Gasteiger partial charge < -0.3 is 10.6 Å². The van der Waals surface area contributed by atoms with Crippen LogP contribution in [0, 0.1) is 6.92 Å². The van der Waals surface area contributed by atoms with Crippen molar-refractivity contribution in [1.29, 1.82) is 0 Å². The number of benzene rings is 3. The molecule has 1 aromatic heterocycles. The molecule has 0 radical (unpaired) electrons. The molecule has 3 aromatic carbocycles. The highest BCUT2D eigenvalue weighted by molar-refractivity contribution is 7.18. The molecule has 0 saturated carbocycles. The van der Waals surface area contributed by atoms with Crippen molar-refractivity contribution < 1.29 is 14.4 Å². The van der Waals surface area contributed by atoms with Gasteiger partial charge in [0.05, 0.1) is 15.2 Å². The topological polar surface area (TPSA) is 91.4 Å². The quantitative estimate of drug-likeness (QED) is 0.462. The van der Waals surface area contributed by atoms with Crippen molar-refractivity contribution in [1.82, 2.24) is 15.2 Å². The number of hydrogen-bond donors (Lipinski definition) is 2. The van der Waals surface area contributed by atoms with Gasteiger partial charge in [-0.3, -0.25) is 14.5 Å². The Balaban J connectivity index is 1.35. The monoisotopic (exact) mass is 444 g/mol. The lowest BCUT2D eigenvalue weighted by Crippen LogP contribution is -2.42. The molecular formula is C24H20N4O3S. The van der Waals surface area contributed by atoms with Crippen LogP contribution in [0.1, 0.15) is 17.5 Å². The third-order valence-corrected chi connectivity index (χ3v) is 6.62. The minimum Gasteiger partial charge on any atom is -0.324 e. The number of aryl methyl sites for hydroxylation is 1. The van der Waals surface area contributed by atoms with Crippen molar-refractivity contribution in [2.45, 2.75) is 19.4 Å². The maximum absolute atomic E-state index is 13.2. The third kappa shape index (κ3) is 3.38. The minimum atomic E-state index is -1.24. The van der Waals surface area contributed by atoms with Gasteiger partial charge in [0.2, 0.25) is 5.91 Å². The molecule has 1 aliphatic heterocycles. The average Bonchev–Trinajstić information content (AvgIpc) is 3.24. The molecule has 1 saturated heterocycles. The Morgan fingerprint density at radius 3 is 2.69 bits per heavy atom. The zero-order valence-corrected chi connectivity index (χ0v) is 18.3. The summed E-state index contributed by atoms with van der Waals surface area (Å²) in [5.41, 5.74) is 0.894. The number of amides is 4. The molecule has 2 heterocycles. The fourth-order valence-electron chi connectivity index (χ4n) is 4.00. The van der Waals surface area contributed by atoms with Crippen molar-refractivity contribution in [3.05, 3.63) is 71.2 Å². The summed E-state index contributed by atoms with van der Waals surface area (Å²) in [6, 6.07) is 18.3. The summed E-state index contributed by atoms with van der Waals surface area (Å²) in [6.45, 7) is 3.22. The van der Waals surface area contributed by atoms with Crippen LogP contribution in [0.15, 0.2) is 60.7 Å². The SMILES string of the molecule is Cc1nc2ccc(NC(=O)CN3C(=O)NC(C)(c4ccc5ccccc5c4)C3=O)cc2s1.